The number of pyridine rings is 1. The van der Waals surface area contributed by atoms with E-state index in [1.54, 1.807) is 4.68 Å². The number of rotatable bonds is 7. The third-order valence-electron chi connectivity index (χ3n) is 5.06. The highest BCUT2D eigenvalue weighted by atomic mass is 16.5. The van der Waals surface area contributed by atoms with Crippen LogP contribution in [0.25, 0.3) is 11.0 Å². The Kier molecular flexibility index (Phi) is 5.97. The molecule has 1 aromatic carbocycles. The summed E-state index contributed by atoms with van der Waals surface area (Å²) < 4.78 is 7.57. The van der Waals surface area contributed by atoms with E-state index in [0.717, 1.165) is 34.3 Å². The Labute approximate surface area is 166 Å². The van der Waals surface area contributed by atoms with Crippen molar-refractivity contribution in [3.05, 3.63) is 53.2 Å². The van der Waals surface area contributed by atoms with Gasteiger partial charge in [-0.25, -0.2) is 9.67 Å². The molecule has 6 nitrogen and oxygen atoms in total. The largest absolute Gasteiger partial charge is 0.466 e. The molecule has 148 valence electrons. The summed E-state index contributed by atoms with van der Waals surface area (Å²) in [5, 5.41) is 5.29. The first-order valence-electron chi connectivity index (χ1n) is 9.67. The number of carbonyl (C=O) groups is 1. The number of nitrogens with zero attached hydrogens (tertiary/aromatic N) is 4. The summed E-state index contributed by atoms with van der Waals surface area (Å²) in [6, 6.07) is 12.2. The van der Waals surface area contributed by atoms with Gasteiger partial charge in [0.15, 0.2) is 12.3 Å². The molecule has 0 N–H and O–H groups in total. The average Bonchev–Trinajstić information content (AvgIpc) is 3.00. The number of hydrogen-bond donors (Lipinski definition) is 0. The van der Waals surface area contributed by atoms with Crippen LogP contribution in [0.2, 0.25) is 0 Å². The Bertz CT molecular complexity index is 966. The van der Waals surface area contributed by atoms with E-state index in [1.165, 1.54) is 0 Å². The van der Waals surface area contributed by atoms with Crippen molar-refractivity contribution in [2.45, 2.75) is 46.7 Å². The molecule has 0 aliphatic carbocycles. The molecule has 0 aliphatic rings. The van der Waals surface area contributed by atoms with Crippen molar-refractivity contribution in [3.8, 4) is 5.88 Å². The Morgan fingerprint density at radius 2 is 1.96 bits per heavy atom. The van der Waals surface area contributed by atoms with Gasteiger partial charge in [-0.15, -0.1) is 5.10 Å². The lowest BCUT2D eigenvalue weighted by Gasteiger charge is -2.28. The maximum atomic E-state index is 13.0. The Morgan fingerprint density at radius 1 is 1.25 bits per heavy atom. The molecule has 1 unspecified atom stereocenters. The van der Waals surface area contributed by atoms with Crippen LogP contribution < -0.4 is 4.74 Å². The van der Waals surface area contributed by atoms with Crippen LogP contribution in [0, 0.1) is 13.8 Å². The average molecular weight is 380 g/mol. The van der Waals surface area contributed by atoms with Crippen molar-refractivity contribution in [2.24, 2.45) is 7.05 Å². The van der Waals surface area contributed by atoms with Gasteiger partial charge in [-0.05, 0) is 44.4 Å². The molecule has 2 aromatic heterocycles. The molecule has 0 radical (unpaired) electrons. The van der Waals surface area contributed by atoms with Gasteiger partial charge in [0.25, 0.3) is 5.91 Å². The zero-order chi connectivity index (χ0) is 20.3. The van der Waals surface area contributed by atoms with E-state index in [2.05, 4.69) is 23.9 Å². The maximum Gasteiger partial charge on any atom is 0.261 e. The summed E-state index contributed by atoms with van der Waals surface area (Å²) in [7, 11) is 1.84. The topological polar surface area (TPSA) is 60.3 Å². The highest BCUT2D eigenvalue weighted by molar-refractivity contribution is 5.85. The van der Waals surface area contributed by atoms with E-state index < -0.39 is 0 Å². The highest BCUT2D eigenvalue weighted by Crippen LogP contribution is 2.27. The van der Waals surface area contributed by atoms with Crippen molar-refractivity contribution in [2.75, 3.05) is 6.61 Å². The predicted molar refractivity (Wildman–Crippen MR) is 110 cm³/mol. The van der Waals surface area contributed by atoms with Crippen molar-refractivity contribution in [3.63, 3.8) is 0 Å². The van der Waals surface area contributed by atoms with Gasteiger partial charge >= 0.3 is 0 Å². The first-order chi connectivity index (χ1) is 13.4. The Hall–Kier alpha value is -2.89. The van der Waals surface area contributed by atoms with Crippen LogP contribution in [0.1, 0.15) is 37.1 Å². The molecule has 0 saturated carbocycles. The third kappa shape index (κ3) is 4.16. The van der Waals surface area contributed by atoms with E-state index in [9.17, 15) is 4.79 Å². The van der Waals surface area contributed by atoms with E-state index in [-0.39, 0.29) is 18.6 Å². The minimum atomic E-state index is -0.0465. The molecule has 1 amide bonds. The Morgan fingerprint density at radius 3 is 2.64 bits per heavy atom. The van der Waals surface area contributed by atoms with Gasteiger partial charge in [-0.2, -0.15) is 0 Å². The van der Waals surface area contributed by atoms with Crippen LogP contribution in [0.15, 0.2) is 36.4 Å². The molecule has 2 heterocycles. The number of carbonyl (C=O) groups excluding carboxylic acids is 1. The molecule has 3 rings (SSSR count). The van der Waals surface area contributed by atoms with E-state index in [1.807, 2.05) is 62.2 Å². The standard InChI is InChI=1S/C22H28N4O2/c1-6-17(4)26(13-18-10-8-7-9-11-18)19(27)14-28-22-20-15(2)12-16(3)23-21(20)25(5)24-22/h7-12,17H,6,13-14H2,1-5H3. The summed E-state index contributed by atoms with van der Waals surface area (Å²) >= 11 is 0. The fraction of sp³-hybridized carbons (Fsp3) is 0.409. The SMILES string of the molecule is CCC(C)N(Cc1ccccc1)C(=O)COc1nn(C)c2nc(C)cc(C)c12. The fourth-order valence-corrected chi connectivity index (χ4v) is 3.35. The van der Waals surface area contributed by atoms with Gasteiger partial charge < -0.3 is 9.64 Å². The molecule has 0 spiro atoms. The van der Waals surface area contributed by atoms with E-state index in [4.69, 9.17) is 4.74 Å². The fourth-order valence-electron chi connectivity index (χ4n) is 3.35. The molecule has 3 aromatic rings. The second kappa shape index (κ2) is 8.42. The van der Waals surface area contributed by atoms with Crippen LogP contribution in [-0.4, -0.2) is 38.2 Å². The second-order valence-electron chi connectivity index (χ2n) is 7.26. The number of aryl methyl sites for hydroxylation is 3. The van der Waals surface area contributed by atoms with E-state index >= 15 is 0 Å². The van der Waals surface area contributed by atoms with Crippen LogP contribution in [-0.2, 0) is 18.4 Å². The summed E-state index contributed by atoms with van der Waals surface area (Å²) in [5.41, 5.74) is 3.85. The predicted octanol–water partition coefficient (Wildman–Crippen LogP) is 3.79. The molecule has 28 heavy (non-hydrogen) atoms. The summed E-state index contributed by atoms with van der Waals surface area (Å²) in [6.45, 7) is 8.64. The highest BCUT2D eigenvalue weighted by Gasteiger charge is 2.21. The summed E-state index contributed by atoms with van der Waals surface area (Å²) in [6.07, 6.45) is 0.882. The summed E-state index contributed by atoms with van der Waals surface area (Å²) in [4.78, 5) is 19.4. The van der Waals surface area contributed by atoms with Gasteiger partial charge in [0.1, 0.15) is 0 Å². The number of fused-ring (bicyclic) bond motifs is 1. The number of aromatic nitrogens is 3. The van der Waals surface area contributed by atoms with Gasteiger partial charge in [0.05, 0.1) is 5.39 Å². The molecule has 0 aliphatic heterocycles. The molecule has 6 heteroatoms. The number of hydrogen-bond acceptors (Lipinski definition) is 4. The van der Waals surface area contributed by atoms with Crippen molar-refractivity contribution in [1.82, 2.24) is 19.7 Å². The second-order valence-corrected chi connectivity index (χ2v) is 7.26. The quantitative estimate of drug-likeness (QED) is 0.626. The normalized spacial score (nSPS) is 12.2. The summed E-state index contributed by atoms with van der Waals surface area (Å²) in [5.74, 6) is 0.411. The van der Waals surface area contributed by atoms with Crippen LogP contribution in [0.3, 0.4) is 0 Å². The molecular weight excluding hydrogens is 352 g/mol. The van der Waals surface area contributed by atoms with Crippen LogP contribution in [0.5, 0.6) is 5.88 Å². The zero-order valence-corrected chi connectivity index (χ0v) is 17.3. The third-order valence-corrected chi connectivity index (χ3v) is 5.06. The van der Waals surface area contributed by atoms with Crippen molar-refractivity contribution >= 4 is 16.9 Å². The monoisotopic (exact) mass is 380 g/mol. The molecule has 0 bridgehead atoms. The lowest BCUT2D eigenvalue weighted by molar-refractivity contribution is -0.136. The minimum Gasteiger partial charge on any atom is -0.466 e. The first-order valence-corrected chi connectivity index (χ1v) is 9.67. The van der Waals surface area contributed by atoms with Crippen molar-refractivity contribution < 1.29 is 9.53 Å². The number of ether oxygens (including phenoxy) is 1. The Balaban J connectivity index is 1.78. The van der Waals surface area contributed by atoms with Crippen LogP contribution >= 0.6 is 0 Å². The zero-order valence-electron chi connectivity index (χ0n) is 17.3. The maximum absolute atomic E-state index is 13.0. The van der Waals surface area contributed by atoms with Crippen LogP contribution in [0.4, 0.5) is 0 Å². The lowest BCUT2D eigenvalue weighted by Crippen LogP contribution is -2.40. The van der Waals surface area contributed by atoms with Gasteiger partial charge in [-0.3, -0.25) is 4.79 Å². The minimum absolute atomic E-state index is 0.0450. The van der Waals surface area contributed by atoms with Gasteiger partial charge in [0, 0.05) is 25.3 Å². The lowest BCUT2D eigenvalue weighted by atomic mass is 10.1. The molecule has 0 fully saturated rings. The molecule has 0 saturated heterocycles. The molecular formula is C22H28N4O2. The number of amides is 1. The van der Waals surface area contributed by atoms with E-state index in [0.29, 0.717) is 12.4 Å². The number of benzene rings is 1. The van der Waals surface area contributed by atoms with Crippen molar-refractivity contribution in [1.29, 1.82) is 0 Å². The molecule has 1 atom stereocenters. The van der Waals surface area contributed by atoms with Gasteiger partial charge in [0.2, 0.25) is 5.88 Å². The first kappa shape index (κ1) is 19.9. The smallest absolute Gasteiger partial charge is 0.261 e. The van der Waals surface area contributed by atoms with Gasteiger partial charge in [-0.1, -0.05) is 37.3 Å².